The van der Waals surface area contributed by atoms with Crippen molar-refractivity contribution in [3.63, 3.8) is 0 Å². The number of aromatic amines is 1. The zero-order valence-electron chi connectivity index (χ0n) is 14.5. The minimum Gasteiger partial charge on any atom is -0.398 e. The number of anilines is 1. The summed E-state index contributed by atoms with van der Waals surface area (Å²) >= 11 is 0. The summed E-state index contributed by atoms with van der Waals surface area (Å²) in [5.74, 6) is 0.608. The Kier molecular flexibility index (Phi) is 3.53. The number of nitrogens with zero attached hydrogens (tertiary/aromatic N) is 2. The Labute approximate surface area is 155 Å². The van der Waals surface area contributed by atoms with Crippen molar-refractivity contribution >= 4 is 27.6 Å². The second-order valence-electron chi connectivity index (χ2n) is 6.73. The molecule has 0 bridgehead atoms. The maximum Gasteiger partial charge on any atom is 0.142 e. The number of rotatable bonds is 2. The van der Waals surface area contributed by atoms with Gasteiger partial charge in [0.1, 0.15) is 11.6 Å². The van der Waals surface area contributed by atoms with E-state index in [4.69, 9.17) is 10.7 Å². The number of aromatic nitrogens is 3. The highest BCUT2D eigenvalue weighted by Gasteiger charge is 2.17. The van der Waals surface area contributed by atoms with Crippen molar-refractivity contribution in [3.8, 4) is 11.4 Å². The zero-order chi connectivity index (χ0) is 18.4. The van der Waals surface area contributed by atoms with Gasteiger partial charge < -0.3 is 10.7 Å². The number of benzene rings is 2. The van der Waals surface area contributed by atoms with Crippen LogP contribution in [0.5, 0.6) is 0 Å². The molecule has 2 aromatic heterocycles. The molecule has 0 spiro atoms. The normalized spacial score (nSPS) is 16.4. The number of fused-ring (bicyclic) bond motifs is 2. The molecule has 0 fully saturated rings. The van der Waals surface area contributed by atoms with E-state index >= 15 is 0 Å². The summed E-state index contributed by atoms with van der Waals surface area (Å²) < 4.78 is 13.7. The lowest BCUT2D eigenvalue weighted by atomic mass is 9.92. The number of halogens is 1. The molecule has 1 unspecified atom stereocenters. The average molecular weight is 356 g/mol. The molecular weight excluding hydrogens is 339 g/mol. The molecule has 1 atom stereocenters. The minimum atomic E-state index is -0.336. The summed E-state index contributed by atoms with van der Waals surface area (Å²) in [6.07, 6.45) is 11.1. The van der Waals surface area contributed by atoms with E-state index in [-0.39, 0.29) is 5.82 Å². The maximum atomic E-state index is 13.7. The Balaban J connectivity index is 1.68. The van der Waals surface area contributed by atoms with Gasteiger partial charge in [-0.3, -0.25) is 4.98 Å². The van der Waals surface area contributed by atoms with E-state index in [1.54, 1.807) is 12.3 Å². The molecule has 5 rings (SSSR count). The molecule has 1 aliphatic rings. The van der Waals surface area contributed by atoms with Crippen LogP contribution in [0, 0.1) is 5.82 Å². The van der Waals surface area contributed by atoms with Gasteiger partial charge in [-0.15, -0.1) is 0 Å². The van der Waals surface area contributed by atoms with E-state index in [1.807, 2.05) is 12.1 Å². The molecule has 0 aliphatic heterocycles. The molecule has 0 saturated heterocycles. The lowest BCUT2D eigenvalue weighted by Crippen LogP contribution is -1.97. The highest BCUT2D eigenvalue weighted by molar-refractivity contribution is 5.98. The van der Waals surface area contributed by atoms with Crippen LogP contribution in [-0.4, -0.2) is 15.0 Å². The van der Waals surface area contributed by atoms with Crippen LogP contribution < -0.4 is 5.73 Å². The molecule has 0 radical (unpaired) electrons. The fraction of sp³-hybridized carbons (Fsp3) is 0.0909. The summed E-state index contributed by atoms with van der Waals surface area (Å²) in [6, 6.07) is 10.6. The Bertz CT molecular complexity index is 1240. The van der Waals surface area contributed by atoms with Gasteiger partial charge in [0.05, 0.1) is 27.8 Å². The first-order valence-electron chi connectivity index (χ1n) is 8.87. The molecule has 2 aromatic carbocycles. The Hall–Kier alpha value is -3.47. The molecule has 1 aliphatic carbocycles. The molecule has 132 valence electrons. The first-order valence-corrected chi connectivity index (χ1v) is 8.87. The maximum absolute atomic E-state index is 13.7. The van der Waals surface area contributed by atoms with Gasteiger partial charge in [0.15, 0.2) is 0 Å². The highest BCUT2D eigenvalue weighted by atomic mass is 19.1. The van der Waals surface area contributed by atoms with Crippen molar-refractivity contribution in [1.82, 2.24) is 15.0 Å². The average Bonchev–Trinajstić information content (AvgIpc) is 3.13. The number of allylic oxidation sites excluding steroid dienone is 4. The third kappa shape index (κ3) is 2.59. The molecule has 27 heavy (non-hydrogen) atoms. The molecule has 4 nitrogen and oxygen atoms in total. The number of hydrogen-bond donors (Lipinski definition) is 2. The van der Waals surface area contributed by atoms with Crippen molar-refractivity contribution in [2.75, 3.05) is 5.73 Å². The van der Waals surface area contributed by atoms with Gasteiger partial charge in [-0.1, -0.05) is 36.4 Å². The zero-order valence-corrected chi connectivity index (χ0v) is 14.5. The van der Waals surface area contributed by atoms with Gasteiger partial charge in [0, 0.05) is 17.5 Å². The van der Waals surface area contributed by atoms with Crippen LogP contribution in [0.25, 0.3) is 33.3 Å². The van der Waals surface area contributed by atoms with E-state index in [1.165, 1.54) is 17.7 Å². The smallest absolute Gasteiger partial charge is 0.142 e. The second kappa shape index (κ2) is 6.06. The van der Waals surface area contributed by atoms with Crippen LogP contribution in [0.15, 0.2) is 66.9 Å². The first kappa shape index (κ1) is 15.8. The molecule has 2 heterocycles. The lowest BCUT2D eigenvalue weighted by molar-refractivity contribution is 0.629. The number of imidazole rings is 1. The van der Waals surface area contributed by atoms with Gasteiger partial charge in [-0.2, -0.15) is 0 Å². The van der Waals surface area contributed by atoms with Crippen LogP contribution in [0.2, 0.25) is 0 Å². The number of hydrogen-bond acceptors (Lipinski definition) is 3. The van der Waals surface area contributed by atoms with Crippen LogP contribution >= 0.6 is 0 Å². The Morgan fingerprint density at radius 2 is 2.07 bits per heavy atom. The fourth-order valence-electron chi connectivity index (χ4n) is 3.67. The van der Waals surface area contributed by atoms with Crippen molar-refractivity contribution in [3.05, 3.63) is 78.3 Å². The van der Waals surface area contributed by atoms with E-state index < -0.39 is 0 Å². The number of nitrogens with two attached hydrogens (primary N) is 1. The lowest BCUT2D eigenvalue weighted by Gasteiger charge is -2.13. The van der Waals surface area contributed by atoms with Crippen molar-refractivity contribution < 1.29 is 4.39 Å². The van der Waals surface area contributed by atoms with Crippen LogP contribution in [0.4, 0.5) is 10.1 Å². The molecule has 5 heteroatoms. The largest absolute Gasteiger partial charge is 0.398 e. The van der Waals surface area contributed by atoms with Gasteiger partial charge in [-0.05, 0) is 36.2 Å². The fourth-order valence-corrected chi connectivity index (χ4v) is 3.67. The third-order valence-corrected chi connectivity index (χ3v) is 5.05. The molecule has 3 N–H and O–H groups in total. The summed E-state index contributed by atoms with van der Waals surface area (Å²) in [4.78, 5) is 12.6. The van der Waals surface area contributed by atoms with Crippen molar-refractivity contribution in [2.45, 2.75) is 12.3 Å². The van der Waals surface area contributed by atoms with Gasteiger partial charge in [0.25, 0.3) is 0 Å². The van der Waals surface area contributed by atoms with E-state index in [0.29, 0.717) is 33.9 Å². The Morgan fingerprint density at radius 1 is 1.15 bits per heavy atom. The highest BCUT2D eigenvalue weighted by Crippen LogP contribution is 2.34. The van der Waals surface area contributed by atoms with E-state index in [0.717, 1.165) is 17.5 Å². The predicted molar refractivity (Wildman–Crippen MR) is 107 cm³/mol. The summed E-state index contributed by atoms with van der Waals surface area (Å²) in [5.41, 5.74) is 11.2. The predicted octanol–water partition coefficient (Wildman–Crippen LogP) is 5.10. The van der Waals surface area contributed by atoms with E-state index in [9.17, 15) is 4.39 Å². The van der Waals surface area contributed by atoms with Gasteiger partial charge in [-0.25, -0.2) is 9.37 Å². The van der Waals surface area contributed by atoms with Gasteiger partial charge >= 0.3 is 0 Å². The second-order valence-corrected chi connectivity index (χ2v) is 6.73. The van der Waals surface area contributed by atoms with Crippen LogP contribution in [-0.2, 0) is 0 Å². The van der Waals surface area contributed by atoms with Crippen molar-refractivity contribution in [2.24, 2.45) is 0 Å². The quantitative estimate of drug-likeness (QED) is 0.525. The topological polar surface area (TPSA) is 67.6 Å². The molecule has 4 aromatic rings. The van der Waals surface area contributed by atoms with Crippen molar-refractivity contribution in [1.29, 1.82) is 0 Å². The number of H-pyrrole nitrogens is 1. The van der Waals surface area contributed by atoms with Crippen LogP contribution in [0.1, 0.15) is 17.9 Å². The molecular formula is C22H17FN4. The third-order valence-electron chi connectivity index (χ3n) is 5.05. The number of para-hydroxylation sites is 1. The Morgan fingerprint density at radius 3 is 2.93 bits per heavy atom. The number of pyridine rings is 1. The SMILES string of the molecule is Nc1c(-c2nc3c(C4C=CC=CC4)cccc3[nH]2)cnc2ccc(F)cc12. The molecule has 0 amide bonds. The number of nitrogens with one attached hydrogen (secondary N) is 1. The summed E-state index contributed by atoms with van der Waals surface area (Å²) in [7, 11) is 0. The van der Waals surface area contributed by atoms with Crippen LogP contribution in [0.3, 0.4) is 0 Å². The summed E-state index contributed by atoms with van der Waals surface area (Å²) in [6.45, 7) is 0. The number of nitrogen functional groups attached to an aromatic ring is 1. The molecule has 0 saturated carbocycles. The first-order chi connectivity index (χ1) is 13.2. The standard InChI is InChI=1S/C22H17FN4/c23-14-9-10-18-16(11-14)20(24)17(12-25-18)22-26-19-8-4-7-15(21(19)27-22)13-5-2-1-3-6-13/h1-5,7-13H,6H2,(H2,24,25)(H,26,27). The minimum absolute atomic E-state index is 0.302. The monoisotopic (exact) mass is 356 g/mol. The summed E-state index contributed by atoms with van der Waals surface area (Å²) in [5, 5.41) is 0.591. The van der Waals surface area contributed by atoms with Gasteiger partial charge in [0.2, 0.25) is 0 Å². The van der Waals surface area contributed by atoms with E-state index in [2.05, 4.69) is 40.3 Å².